The Balaban J connectivity index is 2.25. The highest BCUT2D eigenvalue weighted by molar-refractivity contribution is 6.44. The summed E-state index contributed by atoms with van der Waals surface area (Å²) in [6.45, 7) is 0. The highest BCUT2D eigenvalue weighted by Crippen LogP contribution is 2.36. The van der Waals surface area contributed by atoms with Crippen molar-refractivity contribution in [3.63, 3.8) is 0 Å². The zero-order chi connectivity index (χ0) is 18.3. The van der Waals surface area contributed by atoms with Crippen molar-refractivity contribution in [1.29, 1.82) is 0 Å². The Labute approximate surface area is 173 Å². The molecule has 0 spiro atoms. The number of halogens is 6. The van der Waals surface area contributed by atoms with E-state index in [9.17, 15) is 4.79 Å². The van der Waals surface area contributed by atoms with Gasteiger partial charge in [0, 0.05) is 34.6 Å². The van der Waals surface area contributed by atoms with Gasteiger partial charge < -0.3 is 4.98 Å². The molecule has 128 valence electrons. The van der Waals surface area contributed by atoms with Crippen LogP contribution in [0.25, 0.3) is 22.3 Å². The summed E-state index contributed by atoms with van der Waals surface area (Å²) >= 11 is 36.4. The SMILES string of the molecule is O=c1c(-c2cc(Cl)c(Cl)cc2Cl)c[nH]cc1-c1cc(Cl)c(Cl)cc1Cl. The first-order valence-corrected chi connectivity index (χ1v) is 9.07. The number of pyridine rings is 1. The standard InChI is InChI=1S/C17H7Cl6NO/c18-11-3-15(22)13(20)1-7(11)9-5-24-6-10(17(9)25)8-2-14(21)16(23)4-12(8)19/h1-6H,(H,24,25). The van der Waals surface area contributed by atoms with Gasteiger partial charge in [0.25, 0.3) is 0 Å². The summed E-state index contributed by atoms with van der Waals surface area (Å²) in [6, 6.07) is 6.05. The van der Waals surface area contributed by atoms with Crippen LogP contribution in [0, 0.1) is 0 Å². The van der Waals surface area contributed by atoms with Gasteiger partial charge in [-0.1, -0.05) is 69.6 Å². The lowest BCUT2D eigenvalue weighted by molar-refractivity contribution is 1.30. The molecule has 0 saturated heterocycles. The molecule has 2 aromatic carbocycles. The molecule has 0 atom stereocenters. The van der Waals surface area contributed by atoms with Crippen molar-refractivity contribution in [2.45, 2.75) is 0 Å². The lowest BCUT2D eigenvalue weighted by atomic mass is 10.0. The first-order valence-electron chi connectivity index (χ1n) is 6.80. The van der Waals surface area contributed by atoms with E-state index in [2.05, 4.69) is 4.98 Å². The van der Waals surface area contributed by atoms with E-state index in [4.69, 9.17) is 69.6 Å². The van der Waals surface area contributed by atoms with Crippen LogP contribution in [-0.4, -0.2) is 4.98 Å². The van der Waals surface area contributed by atoms with Crippen LogP contribution >= 0.6 is 69.6 Å². The van der Waals surface area contributed by atoms with Crippen molar-refractivity contribution in [2.24, 2.45) is 0 Å². The fourth-order valence-corrected chi connectivity index (χ4v) is 3.64. The summed E-state index contributed by atoms with van der Waals surface area (Å²) < 4.78 is 0. The molecule has 3 rings (SSSR count). The average Bonchev–Trinajstić information content (AvgIpc) is 2.55. The van der Waals surface area contributed by atoms with Gasteiger partial charge in [0.1, 0.15) is 0 Å². The van der Waals surface area contributed by atoms with Crippen molar-refractivity contribution in [3.05, 3.63) is 77.0 Å². The number of nitrogens with one attached hydrogen (secondary N) is 1. The van der Waals surface area contributed by atoms with Gasteiger partial charge in [-0.25, -0.2) is 0 Å². The molecule has 2 nitrogen and oxygen atoms in total. The van der Waals surface area contributed by atoms with Crippen LogP contribution in [0.2, 0.25) is 30.1 Å². The van der Waals surface area contributed by atoms with Crippen LogP contribution in [0.1, 0.15) is 0 Å². The molecule has 0 aliphatic carbocycles. The molecule has 8 heteroatoms. The van der Waals surface area contributed by atoms with Crippen LogP contribution in [0.15, 0.2) is 41.5 Å². The normalized spacial score (nSPS) is 11.0. The van der Waals surface area contributed by atoms with Gasteiger partial charge in [-0.05, 0) is 24.3 Å². The summed E-state index contributed by atoms with van der Waals surface area (Å²) in [4.78, 5) is 15.9. The molecule has 1 N–H and O–H groups in total. The Morgan fingerprint density at radius 2 is 0.880 bits per heavy atom. The maximum atomic E-state index is 13.0. The van der Waals surface area contributed by atoms with Gasteiger partial charge in [0.15, 0.2) is 5.43 Å². The minimum absolute atomic E-state index is 0.290. The third-order valence-electron chi connectivity index (χ3n) is 3.54. The van der Waals surface area contributed by atoms with Crippen molar-refractivity contribution in [1.82, 2.24) is 4.98 Å². The Morgan fingerprint density at radius 3 is 1.28 bits per heavy atom. The van der Waals surface area contributed by atoms with Gasteiger partial charge in [-0.3, -0.25) is 4.79 Å². The van der Waals surface area contributed by atoms with Gasteiger partial charge in [-0.15, -0.1) is 0 Å². The molecule has 0 aliphatic heterocycles. The van der Waals surface area contributed by atoms with E-state index in [0.717, 1.165) is 0 Å². The molecule has 0 fully saturated rings. The lowest BCUT2D eigenvalue weighted by Gasteiger charge is -2.10. The topological polar surface area (TPSA) is 32.9 Å². The van der Waals surface area contributed by atoms with Crippen LogP contribution in [0.3, 0.4) is 0 Å². The maximum absolute atomic E-state index is 13.0. The Kier molecular flexibility index (Phi) is 5.60. The average molecular weight is 454 g/mol. The molecule has 1 heterocycles. The fraction of sp³-hybridized carbons (Fsp3) is 0. The number of aromatic amines is 1. The van der Waals surface area contributed by atoms with Crippen LogP contribution in [0.5, 0.6) is 0 Å². The molecule has 1 aromatic heterocycles. The third kappa shape index (κ3) is 3.66. The third-order valence-corrected chi connectivity index (χ3v) is 5.61. The fourth-order valence-electron chi connectivity index (χ4n) is 2.34. The predicted octanol–water partition coefficient (Wildman–Crippen LogP) is 7.63. The summed E-state index contributed by atoms with van der Waals surface area (Å²) in [6.07, 6.45) is 3.06. The van der Waals surface area contributed by atoms with Crippen LogP contribution in [-0.2, 0) is 0 Å². The molecule has 0 aliphatic rings. The Bertz CT molecular complexity index is 965. The first kappa shape index (κ1) is 18.9. The van der Waals surface area contributed by atoms with Gasteiger partial charge in [-0.2, -0.15) is 0 Å². The molecule has 0 bridgehead atoms. The van der Waals surface area contributed by atoms with Crippen molar-refractivity contribution < 1.29 is 0 Å². The highest BCUT2D eigenvalue weighted by Gasteiger charge is 2.16. The number of hydrogen-bond acceptors (Lipinski definition) is 1. The quantitative estimate of drug-likeness (QED) is 0.397. The van der Waals surface area contributed by atoms with E-state index >= 15 is 0 Å². The molecule has 3 aromatic rings. The zero-order valence-electron chi connectivity index (χ0n) is 12.1. The first-order chi connectivity index (χ1) is 11.8. The van der Waals surface area contributed by atoms with E-state index in [0.29, 0.717) is 52.4 Å². The van der Waals surface area contributed by atoms with Gasteiger partial charge in [0.2, 0.25) is 0 Å². The molecular weight excluding hydrogens is 447 g/mol. The zero-order valence-corrected chi connectivity index (χ0v) is 16.7. The van der Waals surface area contributed by atoms with E-state index < -0.39 is 0 Å². The predicted molar refractivity (Wildman–Crippen MR) is 108 cm³/mol. The second-order valence-electron chi connectivity index (χ2n) is 5.10. The Morgan fingerprint density at radius 1 is 0.520 bits per heavy atom. The maximum Gasteiger partial charge on any atom is 0.197 e. The van der Waals surface area contributed by atoms with Crippen molar-refractivity contribution in [3.8, 4) is 22.3 Å². The van der Waals surface area contributed by atoms with Crippen molar-refractivity contribution in [2.75, 3.05) is 0 Å². The molecule has 0 amide bonds. The molecule has 0 radical (unpaired) electrons. The Hall–Kier alpha value is -0.870. The highest BCUT2D eigenvalue weighted by atomic mass is 35.5. The molecule has 25 heavy (non-hydrogen) atoms. The number of benzene rings is 2. The second-order valence-corrected chi connectivity index (χ2v) is 7.55. The van der Waals surface area contributed by atoms with E-state index in [1.807, 2.05) is 0 Å². The molecular formula is C17H7Cl6NO. The van der Waals surface area contributed by atoms with Gasteiger partial charge >= 0.3 is 0 Å². The summed E-state index contributed by atoms with van der Waals surface area (Å²) in [5, 5.41) is 1.79. The number of aromatic nitrogens is 1. The monoisotopic (exact) mass is 451 g/mol. The van der Waals surface area contributed by atoms with Crippen LogP contribution in [0.4, 0.5) is 0 Å². The van der Waals surface area contributed by atoms with Crippen molar-refractivity contribution >= 4 is 69.6 Å². The lowest BCUT2D eigenvalue weighted by Crippen LogP contribution is -2.09. The van der Waals surface area contributed by atoms with Gasteiger partial charge in [0.05, 0.1) is 30.1 Å². The molecule has 0 saturated carbocycles. The van der Waals surface area contributed by atoms with E-state index in [1.54, 1.807) is 0 Å². The second kappa shape index (κ2) is 7.40. The molecule has 0 unspecified atom stereocenters. The summed E-state index contributed by atoms with van der Waals surface area (Å²) in [7, 11) is 0. The number of hydrogen-bond donors (Lipinski definition) is 1. The summed E-state index contributed by atoms with van der Waals surface area (Å²) in [5.74, 6) is 0. The number of rotatable bonds is 2. The minimum atomic E-state index is -0.292. The van der Waals surface area contributed by atoms with E-state index in [1.165, 1.54) is 36.7 Å². The summed E-state index contributed by atoms with van der Waals surface area (Å²) in [5.41, 5.74) is 1.26. The van der Waals surface area contributed by atoms with E-state index in [-0.39, 0.29) is 5.43 Å². The number of H-pyrrole nitrogens is 1. The largest absolute Gasteiger partial charge is 0.366 e. The van der Waals surface area contributed by atoms with Crippen LogP contribution < -0.4 is 5.43 Å². The minimum Gasteiger partial charge on any atom is -0.366 e. The smallest absolute Gasteiger partial charge is 0.197 e.